The van der Waals surface area contributed by atoms with E-state index in [2.05, 4.69) is 20.8 Å². The summed E-state index contributed by atoms with van der Waals surface area (Å²) < 4.78 is 1.04. The summed E-state index contributed by atoms with van der Waals surface area (Å²) in [6.07, 6.45) is -0.171. The number of quaternary nitrogens is 1. The first-order valence-electron chi connectivity index (χ1n) is 4.63. The molecule has 0 aromatic heterocycles. The summed E-state index contributed by atoms with van der Waals surface area (Å²) in [5.41, 5.74) is 0. The Bertz CT molecular complexity index is 92.4. The van der Waals surface area contributed by atoms with Crippen molar-refractivity contribution in [2.75, 3.05) is 26.2 Å². The second-order valence-electron chi connectivity index (χ2n) is 3.32. The van der Waals surface area contributed by atoms with Gasteiger partial charge in [-0.2, -0.15) is 0 Å². The highest BCUT2D eigenvalue weighted by Gasteiger charge is 2.22. The molecule has 0 aliphatic carbocycles. The molecule has 0 aliphatic rings. The molecular formula is C9H23NO2. The van der Waals surface area contributed by atoms with Crippen LogP contribution in [0.4, 0.5) is 0 Å². The van der Waals surface area contributed by atoms with Gasteiger partial charge in [-0.3, -0.25) is 0 Å². The second kappa shape index (κ2) is 6.40. The Morgan fingerprint density at radius 2 is 1.42 bits per heavy atom. The van der Waals surface area contributed by atoms with E-state index in [0.717, 1.165) is 30.7 Å². The van der Waals surface area contributed by atoms with E-state index in [4.69, 9.17) is 0 Å². The zero-order valence-corrected chi connectivity index (χ0v) is 8.75. The van der Waals surface area contributed by atoms with Crippen LogP contribution in [0.15, 0.2) is 0 Å². The molecule has 0 aromatic rings. The molecule has 1 unspecified atom stereocenters. The maximum Gasteiger partial charge on any atom is 0.105 e. The Morgan fingerprint density at radius 3 is 1.50 bits per heavy atom. The van der Waals surface area contributed by atoms with E-state index < -0.39 is 0 Å². The number of hydrogen-bond acceptors (Lipinski definition) is 2. The summed E-state index contributed by atoms with van der Waals surface area (Å²) in [5, 5.41) is 9.27. The molecule has 3 heteroatoms. The first-order chi connectivity index (χ1) is 5.10. The minimum atomic E-state index is -0.171. The molecule has 0 spiro atoms. The van der Waals surface area contributed by atoms with Crippen LogP contribution in [0.2, 0.25) is 0 Å². The summed E-state index contributed by atoms with van der Waals surface area (Å²) in [7, 11) is 0. The highest BCUT2D eigenvalue weighted by atomic mass is 16.3. The van der Waals surface area contributed by atoms with Gasteiger partial charge >= 0.3 is 0 Å². The van der Waals surface area contributed by atoms with Crippen LogP contribution in [0.25, 0.3) is 0 Å². The van der Waals surface area contributed by atoms with Crippen molar-refractivity contribution in [2.45, 2.75) is 33.8 Å². The Labute approximate surface area is 75.9 Å². The van der Waals surface area contributed by atoms with Crippen LogP contribution in [0.1, 0.15) is 27.7 Å². The predicted molar refractivity (Wildman–Crippen MR) is 50.4 cm³/mol. The zero-order valence-electron chi connectivity index (χ0n) is 8.75. The molecule has 1 atom stereocenters. The van der Waals surface area contributed by atoms with Gasteiger partial charge in [-0.05, 0) is 27.7 Å². The number of nitrogens with zero attached hydrogens (tertiary/aromatic N) is 1. The number of rotatable bonds is 5. The Balaban J connectivity index is 0. The summed E-state index contributed by atoms with van der Waals surface area (Å²) in [6.45, 7) is 12.7. The summed E-state index contributed by atoms with van der Waals surface area (Å²) >= 11 is 0. The average molecular weight is 177 g/mol. The van der Waals surface area contributed by atoms with E-state index in [1.165, 1.54) is 0 Å². The maximum absolute atomic E-state index is 9.27. The summed E-state index contributed by atoms with van der Waals surface area (Å²) in [6, 6.07) is 0. The fourth-order valence-corrected chi connectivity index (χ4v) is 1.62. The van der Waals surface area contributed by atoms with E-state index in [-0.39, 0.29) is 11.6 Å². The van der Waals surface area contributed by atoms with Gasteiger partial charge in [-0.1, -0.05) is 0 Å². The summed E-state index contributed by atoms with van der Waals surface area (Å²) in [4.78, 5) is 0. The molecule has 3 nitrogen and oxygen atoms in total. The number of aliphatic hydroxyl groups excluding tert-OH is 1. The van der Waals surface area contributed by atoms with E-state index >= 15 is 0 Å². The van der Waals surface area contributed by atoms with Crippen LogP contribution in [0, 0.1) is 0 Å². The van der Waals surface area contributed by atoms with Crippen molar-refractivity contribution in [3.8, 4) is 0 Å². The van der Waals surface area contributed by atoms with Gasteiger partial charge in [-0.25, -0.2) is 0 Å². The van der Waals surface area contributed by atoms with Gasteiger partial charge in [0.05, 0.1) is 19.6 Å². The molecule has 0 fully saturated rings. The lowest BCUT2D eigenvalue weighted by Crippen LogP contribution is -2.51. The molecule has 0 aliphatic heterocycles. The van der Waals surface area contributed by atoms with E-state index in [9.17, 15) is 5.11 Å². The van der Waals surface area contributed by atoms with Crippen LogP contribution in [0.5, 0.6) is 0 Å². The quantitative estimate of drug-likeness (QED) is 0.638. The highest BCUT2D eigenvalue weighted by molar-refractivity contribution is 4.45. The average Bonchev–Trinajstić information content (AvgIpc) is 2.00. The largest absolute Gasteiger partial charge is 0.870 e. The molecule has 0 heterocycles. The molecule has 0 aromatic carbocycles. The zero-order chi connectivity index (χ0) is 8.91. The molecular weight excluding hydrogens is 154 g/mol. The van der Waals surface area contributed by atoms with Gasteiger partial charge in [-0.15, -0.1) is 0 Å². The summed E-state index contributed by atoms with van der Waals surface area (Å²) in [5.74, 6) is 0. The SMILES string of the molecule is CC[N+](CC)(CC)CC(C)O.[OH-]. The Hall–Kier alpha value is -0.120. The van der Waals surface area contributed by atoms with E-state index in [1.807, 2.05) is 6.92 Å². The minimum Gasteiger partial charge on any atom is -0.870 e. The molecule has 0 amide bonds. The van der Waals surface area contributed by atoms with Crippen molar-refractivity contribution in [1.29, 1.82) is 0 Å². The molecule has 0 rings (SSSR count). The molecule has 12 heavy (non-hydrogen) atoms. The number of hydrogen-bond donors (Lipinski definition) is 1. The molecule has 2 N–H and O–H groups in total. The standard InChI is InChI=1S/C9H22NO.H2O/c1-5-10(6-2,7-3)8-9(4)11;/h9,11H,5-8H2,1-4H3;1H2/q+1;/p-1. The van der Waals surface area contributed by atoms with Crippen LogP contribution >= 0.6 is 0 Å². The van der Waals surface area contributed by atoms with Crippen LogP contribution in [-0.2, 0) is 0 Å². The normalized spacial score (nSPS) is 13.8. The van der Waals surface area contributed by atoms with Crippen molar-refractivity contribution in [2.24, 2.45) is 0 Å². The fraction of sp³-hybridized carbons (Fsp3) is 1.00. The van der Waals surface area contributed by atoms with Gasteiger partial charge < -0.3 is 15.1 Å². The van der Waals surface area contributed by atoms with Crippen molar-refractivity contribution in [3.63, 3.8) is 0 Å². The van der Waals surface area contributed by atoms with E-state index in [0.29, 0.717) is 0 Å². The smallest absolute Gasteiger partial charge is 0.105 e. The van der Waals surface area contributed by atoms with Gasteiger partial charge in [0, 0.05) is 0 Å². The van der Waals surface area contributed by atoms with Gasteiger partial charge in [0.25, 0.3) is 0 Å². The lowest BCUT2D eigenvalue weighted by Gasteiger charge is -2.36. The van der Waals surface area contributed by atoms with Gasteiger partial charge in [0.2, 0.25) is 0 Å². The third kappa shape index (κ3) is 4.04. The number of likely N-dealkylation sites (N-methyl/N-ethyl adjacent to an activating group) is 1. The maximum atomic E-state index is 9.27. The monoisotopic (exact) mass is 177 g/mol. The highest BCUT2D eigenvalue weighted by Crippen LogP contribution is 2.06. The molecule has 0 saturated carbocycles. The lowest BCUT2D eigenvalue weighted by molar-refractivity contribution is -0.925. The van der Waals surface area contributed by atoms with Crippen molar-refractivity contribution >= 4 is 0 Å². The molecule has 0 saturated heterocycles. The third-order valence-corrected chi connectivity index (χ3v) is 2.66. The molecule has 76 valence electrons. The predicted octanol–water partition coefficient (Wildman–Crippen LogP) is 1.07. The Morgan fingerprint density at radius 1 is 1.08 bits per heavy atom. The van der Waals surface area contributed by atoms with Crippen LogP contribution in [-0.4, -0.2) is 47.3 Å². The van der Waals surface area contributed by atoms with Crippen LogP contribution in [0.3, 0.4) is 0 Å². The topological polar surface area (TPSA) is 50.2 Å². The van der Waals surface area contributed by atoms with Crippen molar-refractivity contribution in [3.05, 3.63) is 0 Å². The van der Waals surface area contributed by atoms with Gasteiger partial charge in [0.15, 0.2) is 0 Å². The molecule has 0 bridgehead atoms. The lowest BCUT2D eigenvalue weighted by atomic mass is 10.2. The third-order valence-electron chi connectivity index (χ3n) is 2.66. The Kier molecular flexibility index (Phi) is 7.69. The van der Waals surface area contributed by atoms with Gasteiger partial charge in [0.1, 0.15) is 12.6 Å². The van der Waals surface area contributed by atoms with Crippen molar-refractivity contribution < 1.29 is 15.1 Å². The second-order valence-corrected chi connectivity index (χ2v) is 3.32. The number of aliphatic hydroxyl groups is 1. The van der Waals surface area contributed by atoms with Crippen molar-refractivity contribution in [1.82, 2.24) is 0 Å². The first-order valence-corrected chi connectivity index (χ1v) is 4.63. The van der Waals surface area contributed by atoms with E-state index in [1.54, 1.807) is 0 Å². The molecule has 0 radical (unpaired) electrons. The minimum absolute atomic E-state index is 0. The fourth-order valence-electron chi connectivity index (χ4n) is 1.62. The first kappa shape index (κ1) is 14.4. The van der Waals surface area contributed by atoms with Crippen LogP contribution < -0.4 is 0 Å².